The Hall–Kier alpha value is -1.81. The molecule has 1 aliphatic heterocycles. The van der Waals surface area contributed by atoms with E-state index >= 15 is 0 Å². The van der Waals surface area contributed by atoms with Crippen LogP contribution in [0.2, 0.25) is 0 Å². The predicted molar refractivity (Wildman–Crippen MR) is 73.4 cm³/mol. The molecule has 0 bridgehead atoms. The quantitative estimate of drug-likeness (QED) is 0.828. The first-order chi connectivity index (χ1) is 8.86. The van der Waals surface area contributed by atoms with Crippen LogP contribution >= 0.6 is 11.8 Å². The topological polar surface area (TPSA) is 33.2 Å². The largest absolute Gasteiger partial charge is 0.293 e. The second-order valence-corrected chi connectivity index (χ2v) is 5.09. The van der Waals surface area contributed by atoms with Crippen molar-refractivity contribution in [3.8, 4) is 0 Å². The van der Waals surface area contributed by atoms with Crippen molar-refractivity contribution >= 4 is 23.4 Å². The van der Waals surface area contributed by atoms with Gasteiger partial charge in [0.1, 0.15) is 5.37 Å². The lowest BCUT2D eigenvalue weighted by Gasteiger charge is -2.23. The molecule has 0 saturated carbocycles. The highest BCUT2D eigenvalue weighted by molar-refractivity contribution is 8.00. The number of amides is 1. The Morgan fingerprint density at radius 2 is 1.89 bits per heavy atom. The summed E-state index contributed by atoms with van der Waals surface area (Å²) in [4.78, 5) is 18.2. The number of para-hydroxylation sites is 1. The van der Waals surface area contributed by atoms with E-state index in [-0.39, 0.29) is 11.3 Å². The van der Waals surface area contributed by atoms with E-state index in [2.05, 4.69) is 4.98 Å². The van der Waals surface area contributed by atoms with Gasteiger partial charge in [0, 0.05) is 11.9 Å². The zero-order valence-corrected chi connectivity index (χ0v) is 10.5. The Kier molecular flexibility index (Phi) is 3.02. The van der Waals surface area contributed by atoms with E-state index in [1.807, 2.05) is 53.4 Å². The number of rotatable bonds is 2. The summed E-state index contributed by atoms with van der Waals surface area (Å²) < 4.78 is 0. The van der Waals surface area contributed by atoms with Crippen LogP contribution in [0.15, 0.2) is 54.7 Å². The van der Waals surface area contributed by atoms with E-state index in [9.17, 15) is 4.79 Å². The standard InChI is InChI=1S/C14H12N2OS/c17-13-10-18-14(12-8-4-5-9-15-12)16(13)11-6-2-1-3-7-11/h1-9,14H,10H2/t14-/m0/s1. The van der Waals surface area contributed by atoms with E-state index in [0.29, 0.717) is 5.75 Å². The maximum atomic E-state index is 12.0. The summed E-state index contributed by atoms with van der Waals surface area (Å²) in [6, 6.07) is 15.6. The molecule has 1 amide bonds. The highest BCUT2D eigenvalue weighted by atomic mass is 32.2. The molecule has 1 aromatic heterocycles. The lowest BCUT2D eigenvalue weighted by molar-refractivity contribution is -0.115. The van der Waals surface area contributed by atoms with Gasteiger partial charge in [0.15, 0.2) is 0 Å². The van der Waals surface area contributed by atoms with Gasteiger partial charge in [0.05, 0.1) is 11.4 Å². The zero-order valence-electron chi connectivity index (χ0n) is 9.69. The van der Waals surface area contributed by atoms with Crippen LogP contribution in [0, 0.1) is 0 Å². The van der Waals surface area contributed by atoms with E-state index in [1.54, 1.807) is 18.0 Å². The highest BCUT2D eigenvalue weighted by Crippen LogP contribution is 2.40. The van der Waals surface area contributed by atoms with Gasteiger partial charge in [-0.2, -0.15) is 0 Å². The Morgan fingerprint density at radius 3 is 2.61 bits per heavy atom. The van der Waals surface area contributed by atoms with Crippen LogP contribution in [0.1, 0.15) is 11.1 Å². The highest BCUT2D eigenvalue weighted by Gasteiger charge is 2.34. The van der Waals surface area contributed by atoms with Crippen LogP contribution in [0.5, 0.6) is 0 Å². The minimum atomic E-state index is -0.0129. The number of carbonyl (C=O) groups is 1. The lowest BCUT2D eigenvalue weighted by Crippen LogP contribution is -2.28. The molecule has 1 saturated heterocycles. The molecule has 3 rings (SSSR count). The second-order valence-electron chi connectivity index (χ2n) is 4.02. The summed E-state index contributed by atoms with van der Waals surface area (Å²) in [5.41, 5.74) is 1.86. The van der Waals surface area contributed by atoms with Crippen LogP contribution < -0.4 is 4.90 Å². The molecule has 2 aromatic rings. The molecule has 18 heavy (non-hydrogen) atoms. The number of nitrogens with zero attached hydrogens (tertiary/aromatic N) is 2. The van der Waals surface area contributed by atoms with Gasteiger partial charge in [-0.15, -0.1) is 11.8 Å². The molecule has 0 aliphatic carbocycles. The van der Waals surface area contributed by atoms with Crippen molar-refractivity contribution in [3.05, 3.63) is 60.4 Å². The number of anilines is 1. The van der Waals surface area contributed by atoms with Gasteiger partial charge >= 0.3 is 0 Å². The molecule has 1 fully saturated rings. The number of thioether (sulfide) groups is 1. The van der Waals surface area contributed by atoms with Crippen LogP contribution in [-0.4, -0.2) is 16.6 Å². The van der Waals surface area contributed by atoms with E-state index < -0.39 is 0 Å². The molecule has 1 atom stereocenters. The van der Waals surface area contributed by atoms with E-state index in [0.717, 1.165) is 11.4 Å². The van der Waals surface area contributed by atoms with Gasteiger partial charge < -0.3 is 0 Å². The van der Waals surface area contributed by atoms with Crippen molar-refractivity contribution in [2.24, 2.45) is 0 Å². The molecule has 4 heteroatoms. The van der Waals surface area contributed by atoms with Crippen LogP contribution in [0.25, 0.3) is 0 Å². The smallest absolute Gasteiger partial charge is 0.238 e. The summed E-state index contributed by atoms with van der Waals surface area (Å²) in [6.45, 7) is 0. The Bertz CT molecular complexity index is 544. The molecule has 1 aromatic carbocycles. The van der Waals surface area contributed by atoms with Crippen LogP contribution in [-0.2, 0) is 4.79 Å². The molecule has 0 spiro atoms. The number of aromatic nitrogens is 1. The zero-order chi connectivity index (χ0) is 12.4. The van der Waals surface area contributed by atoms with E-state index in [1.165, 1.54) is 0 Å². The molecule has 0 N–H and O–H groups in total. The monoisotopic (exact) mass is 256 g/mol. The summed E-state index contributed by atoms with van der Waals surface area (Å²) in [7, 11) is 0. The fourth-order valence-corrected chi connectivity index (χ4v) is 3.17. The number of pyridine rings is 1. The first kappa shape index (κ1) is 11.3. The average molecular weight is 256 g/mol. The number of hydrogen-bond donors (Lipinski definition) is 0. The normalized spacial score (nSPS) is 19.2. The summed E-state index contributed by atoms with van der Waals surface area (Å²) in [5, 5.41) is -0.0129. The van der Waals surface area contributed by atoms with Crippen LogP contribution in [0.3, 0.4) is 0 Å². The van der Waals surface area contributed by atoms with Crippen LogP contribution in [0.4, 0.5) is 5.69 Å². The molecule has 1 aliphatic rings. The third kappa shape index (κ3) is 1.99. The fraction of sp³-hybridized carbons (Fsp3) is 0.143. The van der Waals surface area contributed by atoms with E-state index in [4.69, 9.17) is 0 Å². The van der Waals surface area contributed by atoms with Crippen molar-refractivity contribution < 1.29 is 4.79 Å². The molecule has 0 unspecified atom stereocenters. The molecular weight excluding hydrogens is 244 g/mol. The maximum Gasteiger partial charge on any atom is 0.238 e. The van der Waals surface area contributed by atoms with Crippen molar-refractivity contribution in [1.29, 1.82) is 0 Å². The van der Waals surface area contributed by atoms with Crippen molar-refractivity contribution in [1.82, 2.24) is 4.98 Å². The van der Waals surface area contributed by atoms with Gasteiger partial charge in [-0.25, -0.2) is 0 Å². The molecular formula is C14H12N2OS. The molecule has 0 radical (unpaired) electrons. The van der Waals surface area contributed by atoms with Gasteiger partial charge in [0.25, 0.3) is 0 Å². The summed E-state index contributed by atoms with van der Waals surface area (Å²) in [6.07, 6.45) is 1.77. The van der Waals surface area contributed by atoms with Crippen molar-refractivity contribution in [3.63, 3.8) is 0 Å². The number of carbonyl (C=O) groups excluding carboxylic acids is 1. The fourth-order valence-electron chi connectivity index (χ4n) is 2.03. The second kappa shape index (κ2) is 4.82. The van der Waals surface area contributed by atoms with Gasteiger partial charge in [-0.05, 0) is 24.3 Å². The minimum absolute atomic E-state index is 0.0129. The minimum Gasteiger partial charge on any atom is -0.293 e. The maximum absolute atomic E-state index is 12.0. The Morgan fingerprint density at radius 1 is 1.11 bits per heavy atom. The Balaban J connectivity index is 1.98. The third-order valence-electron chi connectivity index (χ3n) is 2.84. The summed E-state index contributed by atoms with van der Waals surface area (Å²) in [5.74, 6) is 0.651. The van der Waals surface area contributed by atoms with Gasteiger partial charge in [-0.3, -0.25) is 14.7 Å². The first-order valence-corrected chi connectivity index (χ1v) is 6.81. The molecule has 3 nitrogen and oxygen atoms in total. The summed E-state index contributed by atoms with van der Waals surface area (Å²) >= 11 is 1.62. The van der Waals surface area contributed by atoms with Crippen molar-refractivity contribution in [2.45, 2.75) is 5.37 Å². The van der Waals surface area contributed by atoms with Crippen molar-refractivity contribution in [2.75, 3.05) is 10.7 Å². The average Bonchev–Trinajstić information content (AvgIpc) is 2.83. The molecule has 90 valence electrons. The van der Waals surface area contributed by atoms with Gasteiger partial charge in [0.2, 0.25) is 5.91 Å². The molecule has 2 heterocycles. The number of hydrogen-bond acceptors (Lipinski definition) is 3. The predicted octanol–water partition coefficient (Wildman–Crippen LogP) is 2.86. The third-order valence-corrected chi connectivity index (χ3v) is 4.02. The Labute approximate surface area is 110 Å². The first-order valence-electron chi connectivity index (χ1n) is 5.76. The number of benzene rings is 1. The SMILES string of the molecule is O=C1CS[C@@H](c2ccccn2)N1c1ccccc1. The lowest BCUT2D eigenvalue weighted by atomic mass is 10.2. The van der Waals surface area contributed by atoms with Gasteiger partial charge in [-0.1, -0.05) is 24.3 Å².